The molecule has 5 nitrogen and oxygen atoms in total. The van der Waals surface area contributed by atoms with Gasteiger partial charge in [-0.15, -0.1) is 0 Å². The van der Waals surface area contributed by atoms with Gasteiger partial charge < -0.3 is 10.6 Å². The molecule has 1 rings (SSSR count). The van der Waals surface area contributed by atoms with E-state index >= 15 is 0 Å². The van der Waals surface area contributed by atoms with Crippen LogP contribution in [0.1, 0.15) is 6.92 Å². The summed E-state index contributed by atoms with van der Waals surface area (Å²) in [7, 11) is -2.99. The van der Waals surface area contributed by atoms with E-state index in [9.17, 15) is 13.2 Å². The molecule has 0 bridgehead atoms. The Bertz CT molecular complexity index is 326. The SMILES string of the molecule is CC1CNCC1C(=O)NCCS(C)(=O)=O. The fourth-order valence-corrected chi connectivity index (χ4v) is 2.12. The fourth-order valence-electron chi connectivity index (χ4n) is 1.65. The largest absolute Gasteiger partial charge is 0.355 e. The number of sulfone groups is 1. The van der Waals surface area contributed by atoms with Gasteiger partial charge in [-0.3, -0.25) is 4.79 Å². The second-order valence-electron chi connectivity index (χ2n) is 4.16. The average Bonchev–Trinajstić information content (AvgIpc) is 2.48. The van der Waals surface area contributed by atoms with E-state index < -0.39 is 9.84 Å². The molecule has 6 heteroatoms. The molecular formula is C9H18N2O3S. The smallest absolute Gasteiger partial charge is 0.224 e. The predicted molar refractivity (Wildman–Crippen MR) is 58.2 cm³/mol. The summed E-state index contributed by atoms with van der Waals surface area (Å²) >= 11 is 0. The number of rotatable bonds is 4. The molecule has 0 radical (unpaired) electrons. The molecule has 0 aromatic rings. The normalized spacial score (nSPS) is 26.5. The van der Waals surface area contributed by atoms with Crippen LogP contribution in [0.4, 0.5) is 0 Å². The number of carbonyl (C=O) groups is 1. The van der Waals surface area contributed by atoms with E-state index in [1.807, 2.05) is 6.92 Å². The molecule has 1 amide bonds. The van der Waals surface area contributed by atoms with Crippen molar-refractivity contribution >= 4 is 15.7 Å². The van der Waals surface area contributed by atoms with Crippen molar-refractivity contribution in [3.05, 3.63) is 0 Å². The van der Waals surface area contributed by atoms with Crippen molar-refractivity contribution in [1.82, 2.24) is 10.6 Å². The van der Waals surface area contributed by atoms with Gasteiger partial charge in [0, 0.05) is 19.3 Å². The van der Waals surface area contributed by atoms with Crippen molar-refractivity contribution in [3.63, 3.8) is 0 Å². The highest BCUT2D eigenvalue weighted by atomic mass is 32.2. The summed E-state index contributed by atoms with van der Waals surface area (Å²) in [5.41, 5.74) is 0. The Morgan fingerprint density at radius 3 is 2.60 bits per heavy atom. The number of hydrogen-bond acceptors (Lipinski definition) is 4. The van der Waals surface area contributed by atoms with Crippen LogP contribution in [0, 0.1) is 11.8 Å². The van der Waals surface area contributed by atoms with E-state index in [1.165, 1.54) is 6.26 Å². The van der Waals surface area contributed by atoms with Gasteiger partial charge in [-0.2, -0.15) is 0 Å². The zero-order valence-electron chi connectivity index (χ0n) is 9.12. The Labute approximate surface area is 90.5 Å². The van der Waals surface area contributed by atoms with Gasteiger partial charge >= 0.3 is 0 Å². The van der Waals surface area contributed by atoms with Crippen molar-refractivity contribution in [3.8, 4) is 0 Å². The third-order valence-electron chi connectivity index (χ3n) is 2.63. The summed E-state index contributed by atoms with van der Waals surface area (Å²) in [5, 5.41) is 5.78. The Morgan fingerprint density at radius 2 is 2.13 bits per heavy atom. The standard InChI is InChI=1S/C9H18N2O3S/c1-7-5-10-6-8(7)9(12)11-3-4-15(2,13)14/h7-8,10H,3-6H2,1-2H3,(H,11,12). The second kappa shape index (κ2) is 4.94. The third-order valence-corrected chi connectivity index (χ3v) is 3.57. The minimum absolute atomic E-state index is 0.00721. The summed E-state index contributed by atoms with van der Waals surface area (Å²) in [4.78, 5) is 11.6. The molecule has 1 aliphatic heterocycles. The summed E-state index contributed by atoms with van der Waals surface area (Å²) < 4.78 is 21.7. The lowest BCUT2D eigenvalue weighted by molar-refractivity contribution is -0.125. The van der Waals surface area contributed by atoms with Crippen LogP contribution in [-0.4, -0.2) is 46.0 Å². The van der Waals surface area contributed by atoms with Crippen LogP contribution in [0.5, 0.6) is 0 Å². The third kappa shape index (κ3) is 4.17. The number of nitrogens with one attached hydrogen (secondary N) is 2. The van der Waals surface area contributed by atoms with Crippen molar-refractivity contribution in [2.24, 2.45) is 11.8 Å². The lowest BCUT2D eigenvalue weighted by Crippen LogP contribution is -2.36. The monoisotopic (exact) mass is 234 g/mol. The van der Waals surface area contributed by atoms with Gasteiger partial charge in [-0.05, 0) is 12.5 Å². The Morgan fingerprint density at radius 1 is 1.47 bits per heavy atom. The molecule has 2 atom stereocenters. The highest BCUT2D eigenvalue weighted by Gasteiger charge is 2.29. The number of carbonyl (C=O) groups excluding carboxylic acids is 1. The number of amides is 1. The van der Waals surface area contributed by atoms with Gasteiger partial charge in [-0.1, -0.05) is 6.92 Å². The maximum Gasteiger partial charge on any atom is 0.224 e. The highest BCUT2D eigenvalue weighted by Crippen LogP contribution is 2.15. The Hall–Kier alpha value is -0.620. The molecule has 2 N–H and O–H groups in total. The second-order valence-corrected chi connectivity index (χ2v) is 6.42. The van der Waals surface area contributed by atoms with Crippen molar-refractivity contribution in [2.45, 2.75) is 6.92 Å². The van der Waals surface area contributed by atoms with Gasteiger partial charge in [0.05, 0.1) is 11.7 Å². The summed E-state index contributed by atoms with van der Waals surface area (Å²) in [5.74, 6) is 0.261. The van der Waals surface area contributed by atoms with Crippen LogP contribution in [0.25, 0.3) is 0 Å². The topological polar surface area (TPSA) is 75.3 Å². The van der Waals surface area contributed by atoms with Crippen molar-refractivity contribution < 1.29 is 13.2 Å². The van der Waals surface area contributed by atoms with Crippen LogP contribution in [0.2, 0.25) is 0 Å². The minimum atomic E-state index is -2.99. The lowest BCUT2D eigenvalue weighted by atomic mass is 9.97. The first-order valence-electron chi connectivity index (χ1n) is 5.06. The first-order valence-corrected chi connectivity index (χ1v) is 7.12. The van der Waals surface area contributed by atoms with Gasteiger partial charge in [-0.25, -0.2) is 8.42 Å². The molecule has 1 saturated heterocycles. The fraction of sp³-hybridized carbons (Fsp3) is 0.889. The van der Waals surface area contributed by atoms with Crippen LogP contribution in [0.15, 0.2) is 0 Å². The summed E-state index contributed by atoms with van der Waals surface area (Å²) in [6.07, 6.45) is 1.17. The maximum absolute atomic E-state index is 11.6. The van der Waals surface area contributed by atoms with Crippen LogP contribution in [-0.2, 0) is 14.6 Å². The van der Waals surface area contributed by atoms with Gasteiger partial charge in [0.25, 0.3) is 0 Å². The Balaban J connectivity index is 2.30. The van der Waals surface area contributed by atoms with Gasteiger partial charge in [0.1, 0.15) is 9.84 Å². The zero-order chi connectivity index (χ0) is 11.5. The Kier molecular flexibility index (Phi) is 4.10. The quantitative estimate of drug-likeness (QED) is 0.654. The van der Waals surface area contributed by atoms with E-state index in [1.54, 1.807) is 0 Å². The van der Waals surface area contributed by atoms with Crippen LogP contribution < -0.4 is 10.6 Å². The van der Waals surface area contributed by atoms with E-state index in [4.69, 9.17) is 0 Å². The van der Waals surface area contributed by atoms with E-state index in [2.05, 4.69) is 10.6 Å². The molecule has 0 aromatic heterocycles. The maximum atomic E-state index is 11.6. The first-order chi connectivity index (χ1) is 6.90. The van der Waals surface area contributed by atoms with Gasteiger partial charge in [0.2, 0.25) is 5.91 Å². The molecule has 2 unspecified atom stereocenters. The summed E-state index contributed by atoms with van der Waals surface area (Å²) in [6, 6.07) is 0. The molecule has 1 fully saturated rings. The number of hydrogen-bond donors (Lipinski definition) is 2. The first kappa shape index (κ1) is 12.4. The molecular weight excluding hydrogens is 216 g/mol. The molecule has 0 aliphatic carbocycles. The van der Waals surface area contributed by atoms with Gasteiger partial charge in [0.15, 0.2) is 0 Å². The highest BCUT2D eigenvalue weighted by molar-refractivity contribution is 7.90. The minimum Gasteiger partial charge on any atom is -0.355 e. The molecule has 15 heavy (non-hydrogen) atoms. The van der Waals surface area contributed by atoms with E-state index in [0.29, 0.717) is 12.5 Å². The van der Waals surface area contributed by atoms with E-state index in [0.717, 1.165) is 6.54 Å². The molecule has 0 saturated carbocycles. The van der Waals surface area contributed by atoms with Crippen LogP contribution in [0.3, 0.4) is 0 Å². The average molecular weight is 234 g/mol. The molecule has 1 heterocycles. The summed E-state index contributed by atoms with van der Waals surface area (Å²) in [6.45, 7) is 3.76. The van der Waals surface area contributed by atoms with Crippen molar-refractivity contribution in [2.75, 3.05) is 31.6 Å². The van der Waals surface area contributed by atoms with Crippen LogP contribution >= 0.6 is 0 Å². The predicted octanol–water partition coefficient (Wildman–Crippen LogP) is -0.997. The van der Waals surface area contributed by atoms with Crippen molar-refractivity contribution in [1.29, 1.82) is 0 Å². The molecule has 1 aliphatic rings. The lowest BCUT2D eigenvalue weighted by Gasteiger charge is -2.13. The van der Waals surface area contributed by atoms with E-state index in [-0.39, 0.29) is 24.1 Å². The molecule has 0 aromatic carbocycles. The zero-order valence-corrected chi connectivity index (χ0v) is 9.93. The molecule has 0 spiro atoms. The molecule has 88 valence electrons.